The number of alkyl halides is 2. The number of carboxylic acids is 1. The number of aliphatic carboxylic acids is 1. The Balaban J connectivity index is 1.63. The van der Waals surface area contributed by atoms with Gasteiger partial charge < -0.3 is 14.7 Å². The van der Waals surface area contributed by atoms with Crippen molar-refractivity contribution in [2.45, 2.75) is 37.3 Å². The van der Waals surface area contributed by atoms with Crippen molar-refractivity contribution in [3.05, 3.63) is 72.0 Å². The molecule has 5 rings (SSSR count). The van der Waals surface area contributed by atoms with Crippen molar-refractivity contribution in [1.29, 1.82) is 0 Å². The van der Waals surface area contributed by atoms with Crippen LogP contribution >= 0.6 is 0 Å². The van der Waals surface area contributed by atoms with Crippen LogP contribution in [0.25, 0.3) is 11.1 Å². The van der Waals surface area contributed by atoms with Gasteiger partial charge in [0, 0.05) is 18.7 Å². The van der Waals surface area contributed by atoms with Crippen LogP contribution in [0.2, 0.25) is 0 Å². The summed E-state index contributed by atoms with van der Waals surface area (Å²) >= 11 is 0. The highest BCUT2D eigenvalue weighted by Crippen LogP contribution is 2.44. The quantitative estimate of drug-likeness (QED) is 0.453. The molecule has 38 heavy (non-hydrogen) atoms. The number of carboxylic acid groups (broad SMARTS) is 1. The zero-order chi connectivity index (χ0) is 27.2. The van der Waals surface area contributed by atoms with Gasteiger partial charge in [0.25, 0.3) is 10.0 Å². The van der Waals surface area contributed by atoms with Crippen LogP contribution in [0.3, 0.4) is 0 Å². The van der Waals surface area contributed by atoms with Crippen LogP contribution in [0, 0.1) is 18.7 Å². The number of halogens is 3. The largest absolute Gasteiger partial charge is 0.481 e. The predicted octanol–water partition coefficient (Wildman–Crippen LogP) is 5.28. The van der Waals surface area contributed by atoms with Gasteiger partial charge in [0.1, 0.15) is 11.6 Å². The minimum Gasteiger partial charge on any atom is -0.481 e. The van der Waals surface area contributed by atoms with Crippen molar-refractivity contribution in [2.24, 2.45) is 5.92 Å². The fourth-order valence-corrected chi connectivity index (χ4v) is 6.85. The molecule has 2 aliphatic heterocycles. The number of ether oxygens (including phenoxy) is 1. The molecule has 0 unspecified atom stereocenters. The number of sulfonamides is 1. The van der Waals surface area contributed by atoms with E-state index in [9.17, 15) is 31.5 Å². The normalized spacial score (nSPS) is 19.2. The molecule has 0 aliphatic carbocycles. The maximum atomic E-state index is 14.3. The summed E-state index contributed by atoms with van der Waals surface area (Å²) in [6.45, 7) is -0.892. The van der Waals surface area contributed by atoms with Gasteiger partial charge >= 0.3 is 12.6 Å². The van der Waals surface area contributed by atoms with E-state index in [1.54, 1.807) is 43.3 Å². The molecule has 0 aromatic heterocycles. The van der Waals surface area contributed by atoms with Crippen LogP contribution in [0.4, 0.5) is 24.5 Å². The lowest BCUT2D eigenvalue weighted by Gasteiger charge is -2.47. The van der Waals surface area contributed by atoms with E-state index in [0.29, 0.717) is 29.9 Å². The van der Waals surface area contributed by atoms with E-state index < -0.39 is 34.3 Å². The number of anilines is 2. The van der Waals surface area contributed by atoms with E-state index in [0.717, 1.165) is 17.7 Å². The Bertz CT molecular complexity index is 1500. The van der Waals surface area contributed by atoms with E-state index in [-0.39, 0.29) is 35.2 Å². The van der Waals surface area contributed by atoms with Gasteiger partial charge in [0.2, 0.25) is 0 Å². The van der Waals surface area contributed by atoms with Gasteiger partial charge in [-0.15, -0.1) is 0 Å². The molecule has 0 bridgehead atoms. The molecular weight excluding hydrogens is 521 g/mol. The molecule has 3 aromatic rings. The third kappa shape index (κ3) is 4.90. The number of benzene rings is 3. The fraction of sp³-hybridized carbons (Fsp3) is 0.296. The van der Waals surface area contributed by atoms with Gasteiger partial charge in [0.05, 0.1) is 28.7 Å². The Morgan fingerprint density at radius 1 is 1.05 bits per heavy atom. The number of carbonyl (C=O) groups is 1. The molecule has 11 heteroatoms. The Morgan fingerprint density at radius 3 is 2.55 bits per heavy atom. The van der Waals surface area contributed by atoms with Gasteiger partial charge in [-0.3, -0.25) is 9.10 Å². The van der Waals surface area contributed by atoms with Crippen molar-refractivity contribution >= 4 is 27.4 Å². The standard InChI is InChI=1S/C27H25F3N2O5S/c1-16-3-2-4-23(9-16)38(35,36)32-15-21-11-18(26(33)34)7-8-31(21)24-6-5-17(13-25(24)32)19-10-20(28)14-22(12-19)37-27(29)30/h2-6,9-10,12-14,18,21,27H,7-8,11,15H2,1H3,(H,33,34)/t18-,21+/m1/s1. The second-order valence-corrected chi connectivity index (χ2v) is 11.4. The van der Waals surface area contributed by atoms with Crippen molar-refractivity contribution in [1.82, 2.24) is 0 Å². The first-order valence-electron chi connectivity index (χ1n) is 12.0. The van der Waals surface area contributed by atoms with Crippen molar-refractivity contribution < 1.29 is 36.2 Å². The minimum atomic E-state index is -4.06. The smallest absolute Gasteiger partial charge is 0.387 e. The SMILES string of the molecule is Cc1cccc(S(=O)(=O)N2C[C@@H]3C[C@H](C(=O)O)CCN3c3ccc(-c4cc(F)cc(OC(F)F)c4)cc32)c1. The van der Waals surface area contributed by atoms with Crippen molar-refractivity contribution in [2.75, 3.05) is 22.3 Å². The van der Waals surface area contributed by atoms with E-state index in [1.807, 2.05) is 4.90 Å². The Kier molecular flexibility index (Phi) is 6.72. The second-order valence-electron chi connectivity index (χ2n) is 9.52. The van der Waals surface area contributed by atoms with Crippen LogP contribution in [0.15, 0.2) is 65.6 Å². The van der Waals surface area contributed by atoms with Gasteiger partial charge in [-0.05, 0) is 72.9 Å². The maximum absolute atomic E-state index is 14.3. The monoisotopic (exact) mass is 546 g/mol. The number of aryl methyl sites for hydroxylation is 1. The Morgan fingerprint density at radius 2 is 1.84 bits per heavy atom. The number of nitrogens with zero attached hydrogens (tertiary/aromatic N) is 2. The summed E-state index contributed by atoms with van der Waals surface area (Å²) in [6, 6.07) is 14.3. The average Bonchev–Trinajstić information content (AvgIpc) is 2.86. The molecule has 0 amide bonds. The molecule has 0 saturated carbocycles. The first-order chi connectivity index (χ1) is 18.0. The lowest BCUT2D eigenvalue weighted by molar-refractivity contribution is -0.142. The molecular formula is C27H25F3N2O5S. The first-order valence-corrected chi connectivity index (χ1v) is 13.5. The third-order valence-corrected chi connectivity index (χ3v) is 8.78. The maximum Gasteiger partial charge on any atom is 0.387 e. The molecule has 7 nitrogen and oxygen atoms in total. The van der Waals surface area contributed by atoms with Crippen molar-refractivity contribution in [3.8, 4) is 16.9 Å². The molecule has 1 N–H and O–H groups in total. The highest BCUT2D eigenvalue weighted by atomic mass is 32.2. The molecule has 2 atom stereocenters. The van der Waals surface area contributed by atoms with Gasteiger partial charge in [0.15, 0.2) is 0 Å². The molecule has 3 aromatic carbocycles. The van der Waals surface area contributed by atoms with E-state index in [4.69, 9.17) is 0 Å². The second kappa shape index (κ2) is 9.86. The fourth-order valence-electron chi connectivity index (χ4n) is 5.23. The number of hydrogen-bond acceptors (Lipinski definition) is 5. The number of rotatable bonds is 6. The van der Waals surface area contributed by atoms with Gasteiger partial charge in [-0.1, -0.05) is 18.2 Å². The molecule has 2 aliphatic rings. The molecule has 1 saturated heterocycles. The average molecular weight is 547 g/mol. The molecule has 1 fully saturated rings. The number of fused-ring (bicyclic) bond motifs is 3. The lowest BCUT2D eigenvalue weighted by Crippen LogP contribution is -2.55. The van der Waals surface area contributed by atoms with Crippen molar-refractivity contribution in [3.63, 3.8) is 0 Å². The van der Waals surface area contributed by atoms with Gasteiger partial charge in [-0.2, -0.15) is 8.78 Å². The first kappa shape index (κ1) is 25.9. The lowest BCUT2D eigenvalue weighted by atomic mass is 9.88. The molecule has 0 radical (unpaired) electrons. The van der Waals surface area contributed by atoms with Crippen LogP contribution < -0.4 is 13.9 Å². The predicted molar refractivity (Wildman–Crippen MR) is 136 cm³/mol. The zero-order valence-electron chi connectivity index (χ0n) is 20.4. The Labute approximate surface area is 218 Å². The van der Waals surface area contributed by atoms with E-state index in [2.05, 4.69) is 4.74 Å². The van der Waals surface area contributed by atoms with Crippen LogP contribution in [0.5, 0.6) is 5.75 Å². The highest BCUT2D eigenvalue weighted by Gasteiger charge is 2.41. The summed E-state index contributed by atoms with van der Waals surface area (Å²) in [4.78, 5) is 13.8. The molecule has 0 spiro atoms. The highest BCUT2D eigenvalue weighted by molar-refractivity contribution is 7.92. The summed E-state index contributed by atoms with van der Waals surface area (Å²) in [6.07, 6.45) is 0.699. The summed E-state index contributed by atoms with van der Waals surface area (Å²) in [5.74, 6) is -2.63. The third-order valence-electron chi connectivity index (χ3n) is 7.00. The van der Waals surface area contributed by atoms with Crippen LogP contribution in [-0.2, 0) is 14.8 Å². The van der Waals surface area contributed by atoms with E-state index in [1.165, 1.54) is 16.4 Å². The Hall–Kier alpha value is -3.73. The van der Waals surface area contributed by atoms with Crippen LogP contribution in [0.1, 0.15) is 18.4 Å². The zero-order valence-corrected chi connectivity index (χ0v) is 21.2. The minimum absolute atomic E-state index is 0.0272. The molecule has 200 valence electrons. The van der Waals surface area contributed by atoms with Crippen LogP contribution in [-0.4, -0.2) is 45.2 Å². The summed E-state index contributed by atoms with van der Waals surface area (Å²) in [5.41, 5.74) is 2.35. The van der Waals surface area contributed by atoms with E-state index >= 15 is 0 Å². The summed E-state index contributed by atoms with van der Waals surface area (Å²) in [7, 11) is -4.06. The summed E-state index contributed by atoms with van der Waals surface area (Å²) in [5, 5.41) is 9.58. The molecule has 2 heterocycles. The van der Waals surface area contributed by atoms with Gasteiger partial charge in [-0.25, -0.2) is 12.8 Å². The topological polar surface area (TPSA) is 87.2 Å². The summed E-state index contributed by atoms with van der Waals surface area (Å²) < 4.78 is 73.2. The number of piperidine rings is 1. The number of hydrogen-bond donors (Lipinski definition) is 1.